The quantitative estimate of drug-likeness (QED) is 0.700. The predicted octanol–water partition coefficient (Wildman–Crippen LogP) is 3.11. The van der Waals surface area contributed by atoms with Gasteiger partial charge in [-0.3, -0.25) is 4.79 Å². The molecule has 2 aromatic rings. The normalized spacial score (nSPS) is 17.8. The highest BCUT2D eigenvalue weighted by atomic mass is 32.2. The Bertz CT molecular complexity index is 947. The summed E-state index contributed by atoms with van der Waals surface area (Å²) in [5.41, 5.74) is 1.59. The molecular weight excluding hydrogens is 398 g/mol. The first-order valence-electron chi connectivity index (χ1n) is 10.5. The van der Waals surface area contributed by atoms with E-state index in [4.69, 9.17) is 0 Å². The van der Waals surface area contributed by atoms with Gasteiger partial charge >= 0.3 is 0 Å². The second-order valence-electron chi connectivity index (χ2n) is 7.97. The first-order chi connectivity index (χ1) is 14.4. The summed E-state index contributed by atoms with van der Waals surface area (Å²) in [7, 11) is -1.58. The summed E-state index contributed by atoms with van der Waals surface area (Å²) in [6, 6.07) is 16.5. The lowest BCUT2D eigenvalue weighted by atomic mass is 10.1. The molecule has 0 radical (unpaired) electrons. The van der Waals surface area contributed by atoms with Crippen molar-refractivity contribution in [3.8, 4) is 0 Å². The molecule has 0 spiro atoms. The lowest BCUT2D eigenvalue weighted by molar-refractivity contribution is 0.0949. The van der Waals surface area contributed by atoms with Crippen molar-refractivity contribution in [3.63, 3.8) is 0 Å². The summed E-state index contributed by atoms with van der Waals surface area (Å²) in [6.07, 6.45) is 2.80. The molecule has 1 atom stereocenters. The van der Waals surface area contributed by atoms with Crippen LogP contribution in [0.4, 0.5) is 0 Å². The maximum absolute atomic E-state index is 13.0. The van der Waals surface area contributed by atoms with Crippen LogP contribution in [0, 0.1) is 0 Å². The van der Waals surface area contributed by atoms with E-state index in [2.05, 4.69) is 22.3 Å². The van der Waals surface area contributed by atoms with Crippen LogP contribution in [0.5, 0.6) is 0 Å². The SMILES string of the molecule is CC1CCCCN1S(=O)(=O)c1cccc(C(=O)NCCN(C)Cc2ccccc2)c1. The predicted molar refractivity (Wildman–Crippen MR) is 119 cm³/mol. The summed E-state index contributed by atoms with van der Waals surface area (Å²) >= 11 is 0. The van der Waals surface area contributed by atoms with Crippen LogP contribution in [0.15, 0.2) is 59.5 Å². The average Bonchev–Trinajstić information content (AvgIpc) is 2.74. The number of rotatable bonds is 8. The van der Waals surface area contributed by atoms with E-state index in [1.807, 2.05) is 32.2 Å². The van der Waals surface area contributed by atoms with E-state index in [-0.39, 0.29) is 16.8 Å². The van der Waals surface area contributed by atoms with Crippen LogP contribution in [-0.4, -0.2) is 56.3 Å². The minimum Gasteiger partial charge on any atom is -0.351 e. The molecule has 1 aliphatic heterocycles. The Balaban J connectivity index is 1.58. The van der Waals surface area contributed by atoms with Crippen LogP contribution in [0.2, 0.25) is 0 Å². The molecule has 30 heavy (non-hydrogen) atoms. The molecule has 0 saturated carbocycles. The highest BCUT2D eigenvalue weighted by molar-refractivity contribution is 7.89. The summed E-state index contributed by atoms with van der Waals surface area (Å²) in [4.78, 5) is 14.9. The Morgan fingerprint density at radius 3 is 2.63 bits per heavy atom. The number of piperidine rings is 1. The third kappa shape index (κ3) is 5.68. The monoisotopic (exact) mass is 429 g/mol. The summed E-state index contributed by atoms with van der Waals surface area (Å²) in [6.45, 7) is 4.47. The number of likely N-dealkylation sites (N-methyl/N-ethyl adjacent to an activating group) is 1. The largest absolute Gasteiger partial charge is 0.351 e. The molecule has 0 aliphatic carbocycles. The zero-order valence-corrected chi connectivity index (χ0v) is 18.6. The van der Waals surface area contributed by atoms with Crippen LogP contribution in [-0.2, 0) is 16.6 Å². The van der Waals surface area contributed by atoms with Gasteiger partial charge in [0.15, 0.2) is 0 Å². The molecule has 1 N–H and O–H groups in total. The number of sulfonamides is 1. The molecule has 0 bridgehead atoms. The highest BCUT2D eigenvalue weighted by Gasteiger charge is 2.31. The second-order valence-corrected chi connectivity index (χ2v) is 9.86. The van der Waals surface area contributed by atoms with Gasteiger partial charge in [0.05, 0.1) is 4.90 Å². The lowest BCUT2D eigenvalue weighted by Gasteiger charge is -2.32. The Morgan fingerprint density at radius 1 is 1.13 bits per heavy atom. The van der Waals surface area contributed by atoms with Gasteiger partial charge in [0, 0.05) is 37.8 Å². The van der Waals surface area contributed by atoms with Gasteiger partial charge in [-0.1, -0.05) is 42.8 Å². The third-order valence-electron chi connectivity index (χ3n) is 5.52. The third-order valence-corrected chi connectivity index (χ3v) is 7.53. The maximum atomic E-state index is 13.0. The van der Waals surface area contributed by atoms with Gasteiger partial charge in [-0.2, -0.15) is 4.31 Å². The van der Waals surface area contributed by atoms with Crippen LogP contribution < -0.4 is 5.32 Å². The van der Waals surface area contributed by atoms with E-state index in [1.165, 1.54) is 11.6 Å². The molecule has 1 unspecified atom stereocenters. The summed E-state index contributed by atoms with van der Waals surface area (Å²) in [5, 5.41) is 2.89. The van der Waals surface area contributed by atoms with Crippen LogP contribution in [0.3, 0.4) is 0 Å². The van der Waals surface area contributed by atoms with Crippen molar-refractivity contribution in [2.24, 2.45) is 0 Å². The zero-order valence-electron chi connectivity index (χ0n) is 17.8. The number of amides is 1. The lowest BCUT2D eigenvalue weighted by Crippen LogP contribution is -2.42. The molecule has 6 nitrogen and oxygen atoms in total. The topological polar surface area (TPSA) is 69.7 Å². The molecule has 1 heterocycles. The number of nitrogens with one attached hydrogen (secondary N) is 1. The maximum Gasteiger partial charge on any atom is 0.251 e. The van der Waals surface area contributed by atoms with Crippen molar-refractivity contribution < 1.29 is 13.2 Å². The Labute approximate surface area is 179 Å². The molecule has 1 amide bonds. The Hall–Kier alpha value is -2.22. The van der Waals surface area contributed by atoms with E-state index >= 15 is 0 Å². The standard InChI is InChI=1S/C23H31N3O3S/c1-19-9-6-7-15-26(19)30(28,29)22-13-8-12-21(17-22)23(27)24-14-16-25(2)18-20-10-4-3-5-11-20/h3-5,8,10-13,17,19H,6-7,9,14-16,18H2,1-2H3,(H,24,27). The minimum absolute atomic E-state index is 0.0126. The highest BCUT2D eigenvalue weighted by Crippen LogP contribution is 2.25. The van der Waals surface area contributed by atoms with Crippen molar-refractivity contribution in [2.45, 2.75) is 43.7 Å². The van der Waals surface area contributed by atoms with Gasteiger partial charge in [0.25, 0.3) is 5.91 Å². The minimum atomic E-state index is -3.59. The van der Waals surface area contributed by atoms with Crippen LogP contribution >= 0.6 is 0 Å². The van der Waals surface area contributed by atoms with Gasteiger partial charge in [-0.15, -0.1) is 0 Å². The van der Waals surface area contributed by atoms with Crippen LogP contribution in [0.25, 0.3) is 0 Å². The fourth-order valence-electron chi connectivity index (χ4n) is 3.80. The molecule has 162 valence electrons. The van der Waals surface area contributed by atoms with Gasteiger partial charge in [-0.25, -0.2) is 8.42 Å². The van der Waals surface area contributed by atoms with Gasteiger partial charge in [0.1, 0.15) is 0 Å². The van der Waals surface area contributed by atoms with Crippen molar-refractivity contribution in [2.75, 3.05) is 26.7 Å². The van der Waals surface area contributed by atoms with E-state index in [0.29, 0.717) is 25.2 Å². The van der Waals surface area contributed by atoms with Gasteiger partial charge in [0.2, 0.25) is 10.0 Å². The average molecular weight is 430 g/mol. The fraction of sp³-hybridized carbons (Fsp3) is 0.435. The zero-order chi connectivity index (χ0) is 21.6. The van der Waals surface area contributed by atoms with Crippen molar-refractivity contribution in [1.82, 2.24) is 14.5 Å². The second kappa shape index (κ2) is 10.2. The Morgan fingerprint density at radius 2 is 1.90 bits per heavy atom. The van der Waals surface area contributed by atoms with Gasteiger partial charge in [-0.05, 0) is 50.6 Å². The van der Waals surface area contributed by atoms with E-state index in [9.17, 15) is 13.2 Å². The van der Waals surface area contributed by atoms with Crippen molar-refractivity contribution in [1.29, 1.82) is 0 Å². The Kier molecular flexibility index (Phi) is 7.64. The molecule has 7 heteroatoms. The van der Waals surface area contributed by atoms with E-state index < -0.39 is 10.0 Å². The number of benzene rings is 2. The van der Waals surface area contributed by atoms with Crippen molar-refractivity contribution in [3.05, 3.63) is 65.7 Å². The summed E-state index contributed by atoms with van der Waals surface area (Å²) in [5.74, 6) is -0.258. The molecule has 0 aromatic heterocycles. The molecular formula is C23H31N3O3S. The smallest absolute Gasteiger partial charge is 0.251 e. The molecule has 2 aromatic carbocycles. The molecule has 1 aliphatic rings. The number of hydrogen-bond acceptors (Lipinski definition) is 4. The first-order valence-corrected chi connectivity index (χ1v) is 11.9. The number of nitrogens with zero attached hydrogens (tertiary/aromatic N) is 2. The van der Waals surface area contributed by atoms with Crippen LogP contribution in [0.1, 0.15) is 42.1 Å². The van der Waals surface area contributed by atoms with Gasteiger partial charge < -0.3 is 10.2 Å². The molecule has 3 rings (SSSR count). The number of carbonyl (C=O) groups is 1. The van der Waals surface area contributed by atoms with E-state index in [0.717, 1.165) is 25.8 Å². The van der Waals surface area contributed by atoms with Crippen molar-refractivity contribution >= 4 is 15.9 Å². The number of hydrogen-bond donors (Lipinski definition) is 1. The molecule has 1 fully saturated rings. The number of carbonyl (C=O) groups excluding carboxylic acids is 1. The fourth-order valence-corrected chi connectivity index (χ4v) is 5.54. The first kappa shape index (κ1) is 22.5. The van der Waals surface area contributed by atoms with E-state index in [1.54, 1.807) is 22.5 Å². The molecule has 1 saturated heterocycles. The summed E-state index contributed by atoms with van der Waals surface area (Å²) < 4.78 is 27.6.